The third-order valence-corrected chi connectivity index (χ3v) is 2.47. The molecule has 1 aromatic rings. The predicted molar refractivity (Wildman–Crippen MR) is 55.8 cm³/mol. The van der Waals surface area contributed by atoms with Crippen LogP contribution in [0.3, 0.4) is 0 Å². The van der Waals surface area contributed by atoms with Gasteiger partial charge in [0, 0.05) is 17.8 Å². The Kier molecular flexibility index (Phi) is 2.25. The van der Waals surface area contributed by atoms with Crippen LogP contribution in [-0.2, 0) is 0 Å². The fourth-order valence-electron chi connectivity index (χ4n) is 1.27. The van der Waals surface area contributed by atoms with E-state index in [1.807, 2.05) is 36.3 Å². The molecular weight excluding hydrogens is 184 g/mol. The fourth-order valence-corrected chi connectivity index (χ4v) is 1.45. The van der Waals surface area contributed by atoms with Crippen molar-refractivity contribution in [1.29, 1.82) is 0 Å². The molecule has 1 heterocycles. The lowest BCUT2D eigenvalue weighted by Crippen LogP contribution is -2.28. The Morgan fingerprint density at radius 1 is 1.46 bits per heavy atom. The first-order valence-corrected chi connectivity index (χ1v) is 4.61. The number of hydrazine groups is 1. The van der Waals surface area contributed by atoms with Crippen molar-refractivity contribution in [1.82, 2.24) is 5.43 Å². The molecule has 0 saturated heterocycles. The number of halogens is 1. The highest BCUT2D eigenvalue weighted by molar-refractivity contribution is 6.31. The number of hydrogen-bond donors (Lipinski definition) is 1. The van der Waals surface area contributed by atoms with E-state index in [-0.39, 0.29) is 0 Å². The summed E-state index contributed by atoms with van der Waals surface area (Å²) in [7, 11) is 0. The van der Waals surface area contributed by atoms with Crippen LogP contribution in [0.15, 0.2) is 30.5 Å². The first kappa shape index (κ1) is 8.60. The topological polar surface area (TPSA) is 15.3 Å². The summed E-state index contributed by atoms with van der Waals surface area (Å²) in [6, 6.07) is 6.02. The van der Waals surface area contributed by atoms with Gasteiger partial charge in [-0.1, -0.05) is 23.7 Å². The Bertz CT molecular complexity index is 347. The highest BCUT2D eigenvalue weighted by Gasteiger charge is 2.06. The molecule has 1 aliphatic heterocycles. The minimum absolute atomic E-state index is 0.805. The molecule has 0 spiro atoms. The van der Waals surface area contributed by atoms with E-state index in [4.69, 9.17) is 11.6 Å². The van der Waals surface area contributed by atoms with Gasteiger partial charge in [0.05, 0.1) is 5.69 Å². The van der Waals surface area contributed by atoms with Crippen LogP contribution in [0.25, 0.3) is 0 Å². The molecule has 13 heavy (non-hydrogen) atoms. The quantitative estimate of drug-likeness (QED) is 0.739. The van der Waals surface area contributed by atoms with Crippen LogP contribution < -0.4 is 10.4 Å². The van der Waals surface area contributed by atoms with Crippen LogP contribution in [0.2, 0.25) is 5.02 Å². The van der Waals surface area contributed by atoms with Crippen molar-refractivity contribution in [2.24, 2.45) is 0 Å². The van der Waals surface area contributed by atoms with Crippen molar-refractivity contribution in [3.8, 4) is 0 Å². The summed E-state index contributed by atoms with van der Waals surface area (Å²) >= 11 is 6.01. The van der Waals surface area contributed by atoms with Crippen molar-refractivity contribution in [2.45, 2.75) is 6.92 Å². The number of anilines is 1. The van der Waals surface area contributed by atoms with Gasteiger partial charge < -0.3 is 0 Å². The van der Waals surface area contributed by atoms with Gasteiger partial charge in [0.1, 0.15) is 0 Å². The summed E-state index contributed by atoms with van der Waals surface area (Å²) in [4.78, 5) is 0. The van der Waals surface area contributed by atoms with Crippen molar-refractivity contribution in [3.63, 3.8) is 0 Å². The maximum atomic E-state index is 6.01. The molecule has 0 aliphatic carbocycles. The van der Waals surface area contributed by atoms with Gasteiger partial charge >= 0.3 is 0 Å². The normalized spacial score (nSPS) is 15.4. The van der Waals surface area contributed by atoms with Crippen LogP contribution in [-0.4, -0.2) is 6.54 Å². The molecule has 2 nitrogen and oxygen atoms in total. The van der Waals surface area contributed by atoms with Crippen molar-refractivity contribution >= 4 is 17.3 Å². The Balaban J connectivity index is 2.30. The molecule has 1 aromatic carbocycles. The minimum Gasteiger partial charge on any atom is -0.284 e. The largest absolute Gasteiger partial charge is 0.284 e. The number of hydrogen-bond acceptors (Lipinski definition) is 2. The average molecular weight is 195 g/mol. The van der Waals surface area contributed by atoms with E-state index in [1.54, 1.807) is 0 Å². The summed E-state index contributed by atoms with van der Waals surface area (Å²) in [6.07, 6.45) is 4.06. The van der Waals surface area contributed by atoms with E-state index in [9.17, 15) is 0 Å². The summed E-state index contributed by atoms with van der Waals surface area (Å²) in [5, 5.41) is 2.77. The second kappa shape index (κ2) is 3.40. The molecule has 0 radical (unpaired) electrons. The molecule has 0 atom stereocenters. The van der Waals surface area contributed by atoms with E-state index >= 15 is 0 Å². The van der Waals surface area contributed by atoms with Gasteiger partial charge in [-0.15, -0.1) is 0 Å². The third-order valence-electron chi connectivity index (χ3n) is 2.07. The molecule has 0 aromatic heterocycles. The number of nitrogens with one attached hydrogen (secondary N) is 1. The summed E-state index contributed by atoms with van der Waals surface area (Å²) in [5.74, 6) is 0. The second-order valence-corrected chi connectivity index (χ2v) is 3.46. The average Bonchev–Trinajstić information content (AvgIpc) is 2.62. The van der Waals surface area contributed by atoms with Gasteiger partial charge in [-0.2, -0.15) is 0 Å². The lowest BCUT2D eigenvalue weighted by molar-refractivity contribution is 0.814. The van der Waals surface area contributed by atoms with Crippen LogP contribution in [0.1, 0.15) is 5.56 Å². The Morgan fingerprint density at radius 3 is 2.92 bits per heavy atom. The molecule has 2 rings (SSSR count). The maximum Gasteiger partial charge on any atom is 0.0585 e. The van der Waals surface area contributed by atoms with Crippen LogP contribution in [0.4, 0.5) is 5.69 Å². The highest BCUT2D eigenvalue weighted by Crippen LogP contribution is 2.23. The Hall–Kier alpha value is -0.990. The van der Waals surface area contributed by atoms with Crippen LogP contribution in [0, 0.1) is 6.92 Å². The van der Waals surface area contributed by atoms with E-state index in [0.29, 0.717) is 0 Å². The molecule has 1 N–H and O–H groups in total. The molecule has 0 saturated carbocycles. The molecule has 0 fully saturated rings. The van der Waals surface area contributed by atoms with Gasteiger partial charge in [0.15, 0.2) is 0 Å². The van der Waals surface area contributed by atoms with Gasteiger partial charge in [-0.3, -0.25) is 5.01 Å². The number of rotatable bonds is 1. The van der Waals surface area contributed by atoms with Crippen molar-refractivity contribution < 1.29 is 0 Å². The summed E-state index contributed by atoms with van der Waals surface area (Å²) in [6.45, 7) is 2.88. The summed E-state index contributed by atoms with van der Waals surface area (Å²) in [5.41, 5.74) is 5.36. The lowest BCUT2D eigenvalue weighted by Gasteiger charge is -2.16. The highest BCUT2D eigenvalue weighted by atomic mass is 35.5. The molecule has 3 heteroatoms. The first-order valence-electron chi connectivity index (χ1n) is 4.23. The second-order valence-electron chi connectivity index (χ2n) is 3.05. The third kappa shape index (κ3) is 1.69. The first-order chi connectivity index (χ1) is 6.27. The van der Waals surface area contributed by atoms with Gasteiger partial charge in [-0.25, -0.2) is 5.43 Å². The molecule has 0 unspecified atom stereocenters. The van der Waals surface area contributed by atoms with E-state index in [2.05, 4.69) is 11.5 Å². The van der Waals surface area contributed by atoms with Gasteiger partial charge in [0.25, 0.3) is 0 Å². The van der Waals surface area contributed by atoms with E-state index < -0.39 is 0 Å². The molecule has 0 bridgehead atoms. The summed E-state index contributed by atoms with van der Waals surface area (Å²) < 4.78 is 0. The van der Waals surface area contributed by atoms with Gasteiger partial charge in [0.2, 0.25) is 0 Å². The molecule has 0 amide bonds. The zero-order chi connectivity index (χ0) is 9.26. The molecule has 1 aliphatic rings. The maximum absolute atomic E-state index is 6.01. The van der Waals surface area contributed by atoms with Crippen molar-refractivity contribution in [3.05, 3.63) is 41.1 Å². The van der Waals surface area contributed by atoms with Gasteiger partial charge in [-0.05, 0) is 24.6 Å². The zero-order valence-electron chi connectivity index (χ0n) is 7.42. The monoisotopic (exact) mass is 194 g/mol. The van der Waals surface area contributed by atoms with E-state index in [1.165, 1.54) is 0 Å². The number of nitrogens with zero attached hydrogens (tertiary/aromatic N) is 1. The molecule has 68 valence electrons. The predicted octanol–water partition coefficient (Wildman–Crippen LogP) is 2.49. The van der Waals surface area contributed by atoms with E-state index in [0.717, 1.165) is 22.8 Å². The van der Waals surface area contributed by atoms with Crippen molar-refractivity contribution in [2.75, 3.05) is 11.6 Å². The number of benzene rings is 1. The number of aryl methyl sites for hydroxylation is 1. The Labute approximate surface area is 82.8 Å². The lowest BCUT2D eigenvalue weighted by atomic mass is 10.2. The minimum atomic E-state index is 0.805. The zero-order valence-corrected chi connectivity index (χ0v) is 8.17. The fraction of sp³-hybridized carbons (Fsp3) is 0.200. The SMILES string of the molecule is Cc1ccc(N2C=CCN2)cc1Cl. The smallest absolute Gasteiger partial charge is 0.0585 e. The molecular formula is C10H11ClN2. The Morgan fingerprint density at radius 2 is 2.31 bits per heavy atom. The van der Waals surface area contributed by atoms with Crippen LogP contribution >= 0.6 is 11.6 Å². The standard InChI is InChI=1S/C10H11ClN2/c1-8-3-4-9(7-10(8)11)13-6-2-5-12-13/h2-4,6-7,12H,5H2,1H3. The van der Waals surface area contributed by atoms with Crippen LogP contribution in [0.5, 0.6) is 0 Å².